The fraction of sp³-hybridized carbons (Fsp3) is 0.250. The van der Waals surface area contributed by atoms with Crippen molar-refractivity contribution in [3.8, 4) is 17.2 Å². The van der Waals surface area contributed by atoms with Gasteiger partial charge in [-0.1, -0.05) is 0 Å². The van der Waals surface area contributed by atoms with E-state index in [0.717, 1.165) is 0 Å². The third-order valence-electron chi connectivity index (χ3n) is 1.28. The Kier molecular flexibility index (Phi) is 2.21. The standard InChI is InChI=1S/C8H9O3/c1-10-7-4-3-6(9)5-8(7)11-2/h3,5,9H,1-2H3. The van der Waals surface area contributed by atoms with Crippen molar-refractivity contribution in [2.75, 3.05) is 14.2 Å². The van der Waals surface area contributed by atoms with E-state index in [4.69, 9.17) is 14.6 Å². The second-order valence-corrected chi connectivity index (χ2v) is 1.96. The summed E-state index contributed by atoms with van der Waals surface area (Å²) in [6.45, 7) is 0. The molecule has 0 saturated heterocycles. The van der Waals surface area contributed by atoms with Crippen LogP contribution in [0.3, 0.4) is 0 Å². The van der Waals surface area contributed by atoms with Crippen molar-refractivity contribution < 1.29 is 14.6 Å². The summed E-state index contributed by atoms with van der Waals surface area (Å²) < 4.78 is 9.80. The molecule has 0 atom stereocenters. The number of aromatic hydroxyl groups is 1. The van der Waals surface area contributed by atoms with Crippen LogP contribution in [0.5, 0.6) is 17.2 Å². The predicted molar refractivity (Wildman–Crippen MR) is 40.0 cm³/mol. The molecule has 3 heteroatoms. The van der Waals surface area contributed by atoms with Crippen LogP contribution in [-0.2, 0) is 0 Å². The predicted octanol–water partition coefficient (Wildman–Crippen LogP) is 1.21. The summed E-state index contributed by atoms with van der Waals surface area (Å²) in [5.41, 5.74) is 0. The first kappa shape index (κ1) is 7.72. The lowest BCUT2D eigenvalue weighted by Gasteiger charge is -2.05. The lowest BCUT2D eigenvalue weighted by Crippen LogP contribution is -1.89. The smallest absolute Gasteiger partial charge is 0.168 e. The average molecular weight is 153 g/mol. The molecule has 11 heavy (non-hydrogen) atoms. The Labute approximate surface area is 65.2 Å². The summed E-state index contributed by atoms with van der Waals surface area (Å²) in [5.74, 6) is 1.08. The maximum Gasteiger partial charge on any atom is 0.168 e. The van der Waals surface area contributed by atoms with Gasteiger partial charge in [-0.3, -0.25) is 0 Å². The van der Waals surface area contributed by atoms with Crippen molar-refractivity contribution in [3.63, 3.8) is 0 Å². The first-order valence-corrected chi connectivity index (χ1v) is 3.10. The van der Waals surface area contributed by atoms with Crippen LogP contribution in [-0.4, -0.2) is 19.3 Å². The fourth-order valence-corrected chi connectivity index (χ4v) is 0.763. The number of phenols is 1. The lowest BCUT2D eigenvalue weighted by atomic mass is 10.3. The second kappa shape index (κ2) is 3.14. The highest BCUT2D eigenvalue weighted by Gasteiger charge is 2.02. The van der Waals surface area contributed by atoms with Crippen LogP contribution >= 0.6 is 0 Å². The van der Waals surface area contributed by atoms with Gasteiger partial charge in [0.25, 0.3) is 0 Å². The third kappa shape index (κ3) is 1.55. The molecule has 3 nitrogen and oxygen atoms in total. The highest BCUT2D eigenvalue weighted by atomic mass is 16.5. The molecule has 1 aromatic carbocycles. The monoisotopic (exact) mass is 153 g/mol. The number of phenolic OH excluding ortho intramolecular Hbond substituents is 1. The zero-order valence-corrected chi connectivity index (χ0v) is 6.42. The van der Waals surface area contributed by atoms with Gasteiger partial charge in [-0.25, -0.2) is 0 Å². The molecule has 0 aromatic heterocycles. The van der Waals surface area contributed by atoms with E-state index < -0.39 is 0 Å². The van der Waals surface area contributed by atoms with Crippen LogP contribution < -0.4 is 9.47 Å². The summed E-state index contributed by atoms with van der Waals surface area (Å²) in [6.07, 6.45) is 0. The molecule has 1 aromatic rings. The van der Waals surface area contributed by atoms with Crippen molar-refractivity contribution in [2.45, 2.75) is 0 Å². The first-order valence-electron chi connectivity index (χ1n) is 3.10. The van der Waals surface area contributed by atoms with Gasteiger partial charge in [0.2, 0.25) is 0 Å². The van der Waals surface area contributed by atoms with E-state index in [9.17, 15) is 0 Å². The van der Waals surface area contributed by atoms with Gasteiger partial charge in [0.05, 0.1) is 14.2 Å². The normalized spacial score (nSPS) is 9.27. The summed E-state index contributed by atoms with van der Waals surface area (Å²) in [5, 5.41) is 9.00. The molecule has 0 aliphatic carbocycles. The molecule has 1 N–H and O–H groups in total. The molecule has 0 unspecified atom stereocenters. The zero-order valence-electron chi connectivity index (χ0n) is 6.42. The number of methoxy groups -OCH3 is 2. The quantitative estimate of drug-likeness (QED) is 0.694. The molecule has 0 fully saturated rings. The Bertz CT molecular complexity index is 245. The number of hydrogen-bond acceptors (Lipinski definition) is 3. The molecule has 1 radical (unpaired) electrons. The van der Waals surface area contributed by atoms with Gasteiger partial charge in [0, 0.05) is 12.1 Å². The van der Waals surface area contributed by atoms with Gasteiger partial charge in [-0.2, -0.15) is 0 Å². The fourth-order valence-electron chi connectivity index (χ4n) is 0.763. The van der Waals surface area contributed by atoms with Crippen molar-refractivity contribution in [2.24, 2.45) is 0 Å². The van der Waals surface area contributed by atoms with Crippen molar-refractivity contribution in [1.82, 2.24) is 0 Å². The Morgan fingerprint density at radius 2 is 2.09 bits per heavy atom. The average Bonchev–Trinajstić information content (AvgIpc) is 2.04. The topological polar surface area (TPSA) is 38.7 Å². The van der Waals surface area contributed by atoms with Gasteiger partial charge in [0.1, 0.15) is 5.75 Å². The van der Waals surface area contributed by atoms with Crippen molar-refractivity contribution in [3.05, 3.63) is 18.2 Å². The maximum atomic E-state index is 9.00. The highest BCUT2D eigenvalue weighted by Crippen LogP contribution is 2.29. The molecule has 0 saturated carbocycles. The van der Waals surface area contributed by atoms with Gasteiger partial charge in [-0.05, 0) is 6.07 Å². The van der Waals surface area contributed by atoms with Gasteiger partial charge in [0.15, 0.2) is 11.5 Å². The Morgan fingerprint density at radius 3 is 2.64 bits per heavy atom. The summed E-state index contributed by atoms with van der Waals surface area (Å²) in [7, 11) is 3.02. The largest absolute Gasteiger partial charge is 0.508 e. The molecule has 0 spiro atoms. The SMILES string of the molecule is COc1[c]cc(O)cc1OC. The van der Waals surface area contributed by atoms with E-state index in [1.54, 1.807) is 0 Å². The van der Waals surface area contributed by atoms with E-state index in [0.29, 0.717) is 11.5 Å². The molecule has 1 rings (SSSR count). The molecule has 0 aliphatic rings. The van der Waals surface area contributed by atoms with Crippen molar-refractivity contribution >= 4 is 0 Å². The Balaban J connectivity index is 3.06. The maximum absolute atomic E-state index is 9.00. The van der Waals surface area contributed by atoms with Crippen LogP contribution in [0.15, 0.2) is 12.1 Å². The molecule has 59 valence electrons. The van der Waals surface area contributed by atoms with Crippen molar-refractivity contribution in [1.29, 1.82) is 0 Å². The van der Waals surface area contributed by atoms with E-state index in [1.165, 1.54) is 26.4 Å². The number of benzene rings is 1. The summed E-state index contributed by atoms with van der Waals surface area (Å²) >= 11 is 0. The van der Waals surface area contributed by atoms with E-state index >= 15 is 0 Å². The lowest BCUT2D eigenvalue weighted by molar-refractivity contribution is 0.351. The second-order valence-electron chi connectivity index (χ2n) is 1.96. The summed E-state index contributed by atoms with van der Waals surface area (Å²) in [6, 6.07) is 5.59. The number of rotatable bonds is 2. The minimum Gasteiger partial charge on any atom is -0.508 e. The zero-order chi connectivity index (χ0) is 8.27. The van der Waals surface area contributed by atoms with Crippen LogP contribution in [0.4, 0.5) is 0 Å². The van der Waals surface area contributed by atoms with E-state index in [-0.39, 0.29) is 5.75 Å². The van der Waals surface area contributed by atoms with Gasteiger partial charge in [-0.15, -0.1) is 0 Å². The Hall–Kier alpha value is -1.38. The molecular formula is C8H9O3. The molecule has 0 heterocycles. The molecular weight excluding hydrogens is 144 g/mol. The Morgan fingerprint density at radius 1 is 1.36 bits per heavy atom. The third-order valence-corrected chi connectivity index (χ3v) is 1.28. The minimum atomic E-state index is 0.114. The highest BCUT2D eigenvalue weighted by molar-refractivity contribution is 5.43. The van der Waals surface area contributed by atoms with Gasteiger partial charge < -0.3 is 14.6 Å². The molecule has 0 aliphatic heterocycles. The minimum absolute atomic E-state index is 0.114. The van der Waals surface area contributed by atoms with E-state index in [2.05, 4.69) is 6.07 Å². The van der Waals surface area contributed by atoms with Gasteiger partial charge >= 0.3 is 0 Å². The van der Waals surface area contributed by atoms with Crippen LogP contribution in [0.2, 0.25) is 0 Å². The first-order chi connectivity index (χ1) is 5.27. The molecule has 0 amide bonds. The molecule has 0 bridgehead atoms. The van der Waals surface area contributed by atoms with Crippen LogP contribution in [0.25, 0.3) is 0 Å². The number of hydrogen-bond donors (Lipinski definition) is 1. The van der Waals surface area contributed by atoms with E-state index in [1.807, 2.05) is 0 Å². The van der Waals surface area contributed by atoms with Crippen LogP contribution in [0.1, 0.15) is 0 Å². The number of ether oxygens (including phenoxy) is 2. The van der Waals surface area contributed by atoms with Crippen LogP contribution in [0, 0.1) is 6.07 Å². The summed E-state index contributed by atoms with van der Waals surface area (Å²) in [4.78, 5) is 0.